The minimum absolute atomic E-state index is 0.0465. The predicted molar refractivity (Wildman–Crippen MR) is 115 cm³/mol. The Morgan fingerprint density at radius 3 is 2.72 bits per heavy atom. The number of benzene rings is 1. The van der Waals surface area contributed by atoms with E-state index in [-0.39, 0.29) is 11.5 Å². The number of rotatable bonds is 4. The molecule has 0 fully saturated rings. The van der Waals surface area contributed by atoms with Crippen molar-refractivity contribution in [2.75, 3.05) is 11.1 Å². The van der Waals surface area contributed by atoms with E-state index < -0.39 is 17.8 Å². The maximum Gasteiger partial charge on any atom is 0.433 e. The highest BCUT2D eigenvalue weighted by molar-refractivity contribution is 6.09. The molecule has 1 aliphatic rings. The number of hydrogen-bond acceptors (Lipinski definition) is 5. The lowest BCUT2D eigenvalue weighted by molar-refractivity contribution is -0.142. The number of halogens is 3. The topological polar surface area (TPSA) is 98.2 Å². The molecule has 1 aromatic carbocycles. The van der Waals surface area contributed by atoms with Gasteiger partial charge in [0.25, 0.3) is 5.91 Å². The summed E-state index contributed by atoms with van der Waals surface area (Å²) in [6.07, 6.45) is 3.70. The van der Waals surface area contributed by atoms with E-state index in [1.807, 2.05) is 0 Å². The van der Waals surface area contributed by atoms with Gasteiger partial charge in [0.2, 0.25) is 0 Å². The van der Waals surface area contributed by atoms with Crippen LogP contribution in [-0.4, -0.2) is 26.9 Å². The van der Waals surface area contributed by atoms with E-state index in [0.717, 1.165) is 10.7 Å². The lowest BCUT2D eigenvalue weighted by Gasteiger charge is -2.10. The van der Waals surface area contributed by atoms with Gasteiger partial charge in [0.15, 0.2) is 11.5 Å². The fourth-order valence-electron chi connectivity index (χ4n) is 3.03. The highest BCUT2D eigenvalue weighted by Crippen LogP contribution is 2.33. The Kier molecular flexibility index (Phi) is 5.59. The number of hydrogen-bond donors (Lipinski definition) is 2. The summed E-state index contributed by atoms with van der Waals surface area (Å²) in [7, 11) is 0. The summed E-state index contributed by atoms with van der Waals surface area (Å²) < 4.78 is 41.7. The summed E-state index contributed by atoms with van der Waals surface area (Å²) in [4.78, 5) is 20.4. The van der Waals surface area contributed by atoms with Crippen LogP contribution in [0.3, 0.4) is 0 Å². The number of alkyl halides is 3. The lowest BCUT2D eigenvalue weighted by atomic mass is 10.1. The van der Waals surface area contributed by atoms with E-state index >= 15 is 0 Å². The molecule has 0 spiro atoms. The highest BCUT2D eigenvalue weighted by atomic mass is 19.4. The van der Waals surface area contributed by atoms with E-state index in [1.54, 1.807) is 36.6 Å². The van der Waals surface area contributed by atoms with Gasteiger partial charge < -0.3 is 11.1 Å². The number of nitrogens with two attached hydrogens (primary N) is 1. The average molecular weight is 438 g/mol. The molecule has 0 aliphatic carbocycles. The predicted octanol–water partition coefficient (Wildman–Crippen LogP) is 4.49. The number of anilines is 2. The van der Waals surface area contributed by atoms with Gasteiger partial charge in [-0.25, -0.2) is 9.67 Å². The number of aromatic nitrogens is 3. The van der Waals surface area contributed by atoms with Crippen LogP contribution in [0.5, 0.6) is 0 Å². The molecule has 3 aromatic rings. The van der Waals surface area contributed by atoms with E-state index in [4.69, 9.17) is 5.73 Å². The van der Waals surface area contributed by atoms with Crippen molar-refractivity contribution in [3.8, 4) is 5.82 Å². The zero-order valence-electron chi connectivity index (χ0n) is 16.5. The number of aliphatic imine (C=N–C) groups is 1. The fourth-order valence-corrected chi connectivity index (χ4v) is 3.03. The molecule has 0 saturated heterocycles. The van der Waals surface area contributed by atoms with Gasteiger partial charge in [0, 0.05) is 29.2 Å². The molecule has 7 nitrogen and oxygen atoms in total. The van der Waals surface area contributed by atoms with Crippen molar-refractivity contribution in [1.29, 1.82) is 0 Å². The second-order valence-electron chi connectivity index (χ2n) is 6.87. The van der Waals surface area contributed by atoms with Crippen molar-refractivity contribution in [2.45, 2.75) is 12.6 Å². The molecular weight excluding hydrogens is 421 g/mol. The first-order valence-electron chi connectivity index (χ1n) is 9.50. The maximum atomic E-state index is 13.6. The average Bonchev–Trinajstić information content (AvgIpc) is 3.04. The minimum atomic E-state index is -4.65. The van der Waals surface area contributed by atoms with Crippen molar-refractivity contribution in [2.24, 2.45) is 4.99 Å². The van der Waals surface area contributed by atoms with Crippen LogP contribution in [0, 0.1) is 0 Å². The molecule has 0 radical (unpaired) electrons. The standard InChI is InChI=1S/C22H17F3N6O/c23-22(24,25)19-11-18(15-4-1-2-9-27-12-15)30-31(19)20-8-7-17(13-28-20)29-21(32)14-5-3-6-16(26)10-14/h2-13H,1,26H2,(H,29,32). The third-order valence-electron chi connectivity index (χ3n) is 4.55. The number of pyridine rings is 1. The summed E-state index contributed by atoms with van der Waals surface area (Å²) in [5.41, 5.74) is 6.41. The van der Waals surface area contributed by atoms with E-state index in [1.165, 1.54) is 30.6 Å². The second kappa shape index (κ2) is 8.50. The molecule has 162 valence electrons. The molecule has 32 heavy (non-hydrogen) atoms. The summed E-state index contributed by atoms with van der Waals surface area (Å²) >= 11 is 0. The number of amides is 1. The zero-order chi connectivity index (χ0) is 22.7. The highest BCUT2D eigenvalue weighted by Gasteiger charge is 2.37. The Labute approximate surface area is 180 Å². The molecule has 3 N–H and O–H groups in total. The van der Waals surface area contributed by atoms with Gasteiger partial charge in [-0.3, -0.25) is 9.79 Å². The zero-order valence-corrected chi connectivity index (χ0v) is 16.5. The molecule has 0 atom stereocenters. The monoisotopic (exact) mass is 438 g/mol. The van der Waals surface area contributed by atoms with Gasteiger partial charge in [-0.1, -0.05) is 18.2 Å². The Morgan fingerprint density at radius 2 is 2.00 bits per heavy atom. The molecule has 2 aromatic heterocycles. The first-order chi connectivity index (χ1) is 15.3. The first kappa shape index (κ1) is 21.0. The number of nitrogen functional groups attached to an aromatic ring is 1. The Balaban J connectivity index is 1.62. The Morgan fingerprint density at radius 1 is 1.16 bits per heavy atom. The van der Waals surface area contributed by atoms with Crippen LogP contribution in [0.15, 0.2) is 72.0 Å². The van der Waals surface area contributed by atoms with Gasteiger partial charge in [0.1, 0.15) is 0 Å². The molecule has 0 bridgehead atoms. The van der Waals surface area contributed by atoms with Crippen LogP contribution in [-0.2, 0) is 6.18 Å². The molecular formula is C22H17F3N6O. The number of allylic oxidation sites excluding steroid dienone is 3. The van der Waals surface area contributed by atoms with Crippen molar-refractivity contribution < 1.29 is 18.0 Å². The molecule has 0 unspecified atom stereocenters. The summed E-state index contributed by atoms with van der Waals surface area (Å²) in [5.74, 6) is -0.466. The van der Waals surface area contributed by atoms with Gasteiger partial charge in [-0.2, -0.15) is 18.3 Å². The number of carbonyl (C=O) groups is 1. The molecule has 3 heterocycles. The van der Waals surface area contributed by atoms with Crippen molar-refractivity contribution in [3.63, 3.8) is 0 Å². The third kappa shape index (κ3) is 4.59. The van der Waals surface area contributed by atoms with Crippen LogP contribution in [0.1, 0.15) is 28.2 Å². The van der Waals surface area contributed by atoms with Crippen LogP contribution < -0.4 is 11.1 Å². The Hall–Kier alpha value is -4.21. The second-order valence-corrected chi connectivity index (χ2v) is 6.87. The van der Waals surface area contributed by atoms with Crippen molar-refractivity contribution in [3.05, 3.63) is 84.0 Å². The summed E-state index contributed by atoms with van der Waals surface area (Å²) in [6.45, 7) is 0. The third-order valence-corrected chi connectivity index (χ3v) is 4.55. The normalized spacial score (nSPS) is 13.5. The fraction of sp³-hybridized carbons (Fsp3) is 0.0909. The van der Waals surface area contributed by atoms with E-state index in [9.17, 15) is 18.0 Å². The summed E-state index contributed by atoms with van der Waals surface area (Å²) in [5, 5.41) is 6.74. The van der Waals surface area contributed by atoms with Gasteiger partial charge >= 0.3 is 6.18 Å². The largest absolute Gasteiger partial charge is 0.433 e. The minimum Gasteiger partial charge on any atom is -0.399 e. The van der Waals surface area contributed by atoms with Gasteiger partial charge in [0.05, 0.1) is 17.6 Å². The van der Waals surface area contributed by atoms with Crippen LogP contribution in [0.2, 0.25) is 0 Å². The Bertz CT molecular complexity index is 1240. The molecule has 10 heteroatoms. The van der Waals surface area contributed by atoms with Gasteiger partial charge in [-0.15, -0.1) is 0 Å². The first-order valence-corrected chi connectivity index (χ1v) is 9.50. The van der Waals surface area contributed by atoms with E-state index in [0.29, 0.717) is 28.9 Å². The van der Waals surface area contributed by atoms with Crippen molar-refractivity contribution >= 4 is 29.1 Å². The summed E-state index contributed by atoms with van der Waals surface area (Å²) in [6, 6.07) is 10.2. The number of carbonyl (C=O) groups excluding carboxylic acids is 1. The number of nitrogens with zero attached hydrogens (tertiary/aromatic N) is 4. The smallest absolute Gasteiger partial charge is 0.399 e. The quantitative estimate of drug-likeness (QED) is 0.587. The molecule has 1 aliphatic heterocycles. The van der Waals surface area contributed by atoms with Crippen molar-refractivity contribution in [1.82, 2.24) is 14.8 Å². The van der Waals surface area contributed by atoms with Crippen LogP contribution >= 0.6 is 0 Å². The number of nitrogens with one attached hydrogen (secondary N) is 1. The lowest BCUT2D eigenvalue weighted by Crippen LogP contribution is -2.15. The maximum absolute atomic E-state index is 13.6. The molecule has 1 amide bonds. The molecule has 0 saturated carbocycles. The molecule has 4 rings (SSSR count). The SMILES string of the molecule is Nc1cccc(C(=O)Nc2ccc(-n3nc(C4=CCC=CN=C4)cc3C(F)(F)F)nc2)c1. The van der Waals surface area contributed by atoms with Crippen LogP contribution in [0.25, 0.3) is 11.4 Å². The van der Waals surface area contributed by atoms with E-state index in [2.05, 4.69) is 20.4 Å². The van der Waals surface area contributed by atoms with Crippen LogP contribution in [0.4, 0.5) is 24.5 Å². The van der Waals surface area contributed by atoms with Gasteiger partial charge in [-0.05, 0) is 42.8 Å².